The maximum atomic E-state index is 11.6. The molecule has 3 N–H and O–H groups in total. The highest BCUT2D eigenvalue weighted by molar-refractivity contribution is 5.91. The summed E-state index contributed by atoms with van der Waals surface area (Å²) in [6.45, 7) is 5.87. The number of carbonyl (C=O) groups excluding carboxylic acids is 2. The van der Waals surface area contributed by atoms with Crippen LogP contribution >= 0.6 is 12.4 Å². The molecule has 0 radical (unpaired) electrons. The van der Waals surface area contributed by atoms with E-state index in [0.717, 1.165) is 32.7 Å². The van der Waals surface area contributed by atoms with Crippen LogP contribution in [0.1, 0.15) is 17.0 Å². The van der Waals surface area contributed by atoms with Crippen molar-refractivity contribution < 1.29 is 14.0 Å². The smallest absolute Gasteiger partial charge is 0.286 e. The number of furan rings is 1. The van der Waals surface area contributed by atoms with Gasteiger partial charge < -0.3 is 20.4 Å². The largest absolute Gasteiger partial charge is 0.459 e. The second kappa shape index (κ2) is 10.2. The summed E-state index contributed by atoms with van der Waals surface area (Å²) in [5.74, 6) is -0.0902. The van der Waals surface area contributed by atoms with Gasteiger partial charge in [-0.1, -0.05) is 0 Å². The molecule has 0 spiro atoms. The normalized spacial score (nSPS) is 14.9. The molecule has 0 unspecified atom stereocenters. The van der Waals surface area contributed by atoms with Crippen LogP contribution < -0.4 is 16.0 Å². The molecule has 8 heteroatoms. The molecule has 7 nitrogen and oxygen atoms in total. The molecule has 1 aromatic rings. The lowest BCUT2D eigenvalue weighted by Gasteiger charge is -2.27. The molecule has 0 aliphatic carbocycles. The van der Waals surface area contributed by atoms with Crippen LogP contribution in [0, 0.1) is 0 Å². The molecule has 0 saturated carbocycles. The first-order valence-corrected chi connectivity index (χ1v) is 7.27. The molecular formula is C14H23ClN4O3. The number of halogens is 1. The van der Waals surface area contributed by atoms with Crippen LogP contribution in [-0.4, -0.2) is 62.5 Å². The fraction of sp³-hybridized carbons (Fsp3) is 0.571. The summed E-state index contributed by atoms with van der Waals surface area (Å²) in [5, 5.41) is 8.79. The number of hydrogen-bond acceptors (Lipinski definition) is 5. The summed E-state index contributed by atoms with van der Waals surface area (Å²) < 4.78 is 4.96. The lowest BCUT2D eigenvalue weighted by molar-refractivity contribution is -0.121. The number of hydrogen-bond donors (Lipinski definition) is 3. The van der Waals surface area contributed by atoms with E-state index in [0.29, 0.717) is 13.1 Å². The van der Waals surface area contributed by atoms with Gasteiger partial charge in [-0.2, -0.15) is 0 Å². The Labute approximate surface area is 136 Å². The zero-order valence-electron chi connectivity index (χ0n) is 12.5. The molecule has 2 heterocycles. The zero-order valence-corrected chi connectivity index (χ0v) is 13.3. The Hall–Kier alpha value is -1.57. The fourth-order valence-corrected chi connectivity index (χ4v) is 2.16. The summed E-state index contributed by atoms with van der Waals surface area (Å²) in [6, 6.07) is 3.24. The lowest BCUT2D eigenvalue weighted by Crippen LogP contribution is -2.46. The van der Waals surface area contributed by atoms with Crippen molar-refractivity contribution in [3.05, 3.63) is 24.2 Å². The minimum Gasteiger partial charge on any atom is -0.459 e. The maximum Gasteiger partial charge on any atom is 0.286 e. The standard InChI is InChI=1S/C14H22N4O3.ClH/c19-13(16-7-10-18-8-5-15-6-9-18)3-4-17-14(20)12-2-1-11-21-12;/h1-2,11,15H,3-10H2,(H,16,19)(H,17,20);1H. The van der Waals surface area contributed by atoms with E-state index in [9.17, 15) is 9.59 Å². The van der Waals surface area contributed by atoms with Crippen LogP contribution in [0.2, 0.25) is 0 Å². The Morgan fingerprint density at radius 3 is 2.68 bits per heavy atom. The van der Waals surface area contributed by atoms with E-state index in [2.05, 4.69) is 20.9 Å². The molecule has 2 rings (SSSR count). The summed E-state index contributed by atoms with van der Waals surface area (Å²) in [5.41, 5.74) is 0. The number of amides is 2. The van der Waals surface area contributed by atoms with Crippen LogP contribution in [0.15, 0.2) is 22.8 Å². The summed E-state index contributed by atoms with van der Waals surface area (Å²) in [4.78, 5) is 25.5. The van der Waals surface area contributed by atoms with E-state index in [4.69, 9.17) is 4.42 Å². The van der Waals surface area contributed by atoms with E-state index in [1.165, 1.54) is 6.26 Å². The summed E-state index contributed by atoms with van der Waals surface area (Å²) in [7, 11) is 0. The van der Waals surface area contributed by atoms with E-state index in [-0.39, 0.29) is 36.4 Å². The SMILES string of the molecule is Cl.O=C(CCNC(=O)c1ccco1)NCCN1CCNCC1. The molecular weight excluding hydrogens is 308 g/mol. The van der Waals surface area contributed by atoms with Crippen molar-refractivity contribution in [1.29, 1.82) is 0 Å². The quantitative estimate of drug-likeness (QED) is 0.647. The summed E-state index contributed by atoms with van der Waals surface area (Å²) >= 11 is 0. The molecule has 1 aromatic heterocycles. The highest BCUT2D eigenvalue weighted by Crippen LogP contribution is 1.98. The first-order valence-electron chi connectivity index (χ1n) is 7.27. The van der Waals surface area contributed by atoms with Crippen molar-refractivity contribution in [2.24, 2.45) is 0 Å². The Morgan fingerprint density at radius 1 is 1.23 bits per heavy atom. The van der Waals surface area contributed by atoms with E-state index < -0.39 is 0 Å². The number of rotatable bonds is 7. The van der Waals surface area contributed by atoms with E-state index in [1.54, 1.807) is 12.1 Å². The van der Waals surface area contributed by atoms with Gasteiger partial charge in [0.25, 0.3) is 5.91 Å². The van der Waals surface area contributed by atoms with Crippen molar-refractivity contribution in [2.45, 2.75) is 6.42 Å². The van der Waals surface area contributed by atoms with Crippen LogP contribution in [-0.2, 0) is 4.79 Å². The molecule has 1 fully saturated rings. The Morgan fingerprint density at radius 2 is 2.00 bits per heavy atom. The van der Waals surface area contributed by atoms with Crippen molar-refractivity contribution in [2.75, 3.05) is 45.8 Å². The number of piperazine rings is 1. The van der Waals surface area contributed by atoms with Crippen molar-refractivity contribution in [1.82, 2.24) is 20.9 Å². The maximum absolute atomic E-state index is 11.6. The zero-order chi connectivity index (χ0) is 14.9. The molecule has 2 amide bonds. The second-order valence-electron chi connectivity index (χ2n) is 4.92. The highest BCUT2D eigenvalue weighted by atomic mass is 35.5. The van der Waals surface area contributed by atoms with Crippen LogP contribution in [0.5, 0.6) is 0 Å². The van der Waals surface area contributed by atoms with Crippen LogP contribution in [0.4, 0.5) is 0 Å². The number of carbonyl (C=O) groups is 2. The van der Waals surface area contributed by atoms with Gasteiger partial charge in [0, 0.05) is 52.2 Å². The van der Waals surface area contributed by atoms with Gasteiger partial charge in [-0.25, -0.2) is 0 Å². The average Bonchev–Trinajstić information content (AvgIpc) is 3.02. The Balaban J connectivity index is 0.00000242. The van der Waals surface area contributed by atoms with Gasteiger partial charge in [0.1, 0.15) is 0 Å². The Bertz CT molecular complexity index is 447. The second-order valence-corrected chi connectivity index (χ2v) is 4.92. The van der Waals surface area contributed by atoms with Gasteiger partial charge in [-0.15, -0.1) is 12.4 Å². The van der Waals surface area contributed by atoms with E-state index in [1.807, 2.05) is 0 Å². The molecule has 1 aliphatic rings. The first-order chi connectivity index (χ1) is 10.3. The van der Waals surface area contributed by atoms with Gasteiger partial charge >= 0.3 is 0 Å². The van der Waals surface area contributed by atoms with Crippen LogP contribution in [0.25, 0.3) is 0 Å². The number of nitrogens with one attached hydrogen (secondary N) is 3. The van der Waals surface area contributed by atoms with Gasteiger partial charge in [0.15, 0.2) is 5.76 Å². The van der Waals surface area contributed by atoms with Gasteiger partial charge in [-0.3, -0.25) is 14.5 Å². The molecule has 0 aromatic carbocycles. The minimum absolute atomic E-state index is 0. The predicted molar refractivity (Wildman–Crippen MR) is 85.2 cm³/mol. The first kappa shape index (κ1) is 18.5. The molecule has 124 valence electrons. The highest BCUT2D eigenvalue weighted by Gasteiger charge is 2.10. The van der Waals surface area contributed by atoms with Crippen LogP contribution in [0.3, 0.4) is 0 Å². The Kier molecular flexibility index (Phi) is 8.57. The van der Waals surface area contributed by atoms with Gasteiger partial charge in [0.2, 0.25) is 5.91 Å². The third-order valence-corrected chi connectivity index (χ3v) is 3.34. The third kappa shape index (κ3) is 6.46. The van der Waals surface area contributed by atoms with Gasteiger partial charge in [-0.05, 0) is 12.1 Å². The third-order valence-electron chi connectivity index (χ3n) is 3.34. The molecule has 22 heavy (non-hydrogen) atoms. The molecule has 1 saturated heterocycles. The van der Waals surface area contributed by atoms with Crippen molar-refractivity contribution >= 4 is 24.2 Å². The van der Waals surface area contributed by atoms with Gasteiger partial charge in [0.05, 0.1) is 6.26 Å². The topological polar surface area (TPSA) is 86.6 Å². The average molecular weight is 331 g/mol. The fourth-order valence-electron chi connectivity index (χ4n) is 2.16. The van der Waals surface area contributed by atoms with Crippen molar-refractivity contribution in [3.8, 4) is 0 Å². The predicted octanol–water partition coefficient (Wildman–Crippen LogP) is -0.157. The minimum atomic E-state index is -0.298. The van der Waals surface area contributed by atoms with Crippen molar-refractivity contribution in [3.63, 3.8) is 0 Å². The summed E-state index contributed by atoms with van der Waals surface area (Å²) in [6.07, 6.45) is 1.71. The molecule has 0 atom stereocenters. The molecule has 0 bridgehead atoms. The lowest BCUT2D eigenvalue weighted by atomic mass is 10.3. The van der Waals surface area contributed by atoms with E-state index >= 15 is 0 Å². The molecule has 1 aliphatic heterocycles. The number of nitrogens with zero attached hydrogens (tertiary/aromatic N) is 1. The monoisotopic (exact) mass is 330 g/mol.